The van der Waals surface area contributed by atoms with Crippen molar-refractivity contribution in [2.45, 2.75) is 38.8 Å². The molecule has 0 bridgehead atoms. The van der Waals surface area contributed by atoms with Crippen LogP contribution in [-0.2, 0) is 25.5 Å². The number of hydrogen-bond donors (Lipinski definition) is 2. The molecule has 1 unspecified atom stereocenters. The van der Waals surface area contributed by atoms with E-state index in [1.807, 2.05) is 48.5 Å². The summed E-state index contributed by atoms with van der Waals surface area (Å²) in [4.78, 5) is 36.6. The predicted octanol–water partition coefficient (Wildman–Crippen LogP) is 2.48. The molecule has 2 rings (SSSR count). The second-order valence-electron chi connectivity index (χ2n) is 7.16. The Bertz CT molecular complexity index is 902. The molecule has 8 heteroatoms. The van der Waals surface area contributed by atoms with Gasteiger partial charge >= 0.3 is 11.9 Å². The molecule has 2 N–H and O–H groups in total. The first-order chi connectivity index (χ1) is 15.4. The Morgan fingerprint density at radius 2 is 1.72 bits per heavy atom. The van der Waals surface area contributed by atoms with Crippen molar-refractivity contribution in [3.63, 3.8) is 0 Å². The zero-order valence-corrected chi connectivity index (χ0v) is 18.3. The Balaban J connectivity index is 2.10. The van der Waals surface area contributed by atoms with Gasteiger partial charge in [0.2, 0.25) is 0 Å². The lowest BCUT2D eigenvalue weighted by Gasteiger charge is -2.24. The number of amides is 1. The van der Waals surface area contributed by atoms with Gasteiger partial charge < -0.3 is 9.84 Å². The lowest BCUT2D eigenvalue weighted by atomic mass is 10.0. The van der Waals surface area contributed by atoms with Gasteiger partial charge in [-0.3, -0.25) is 19.7 Å². The van der Waals surface area contributed by atoms with Gasteiger partial charge in [-0.15, -0.1) is 0 Å². The van der Waals surface area contributed by atoms with Crippen molar-refractivity contribution in [1.29, 1.82) is 0 Å². The largest absolute Gasteiger partial charge is 0.480 e. The van der Waals surface area contributed by atoms with Gasteiger partial charge in [0.1, 0.15) is 12.6 Å². The van der Waals surface area contributed by atoms with E-state index in [9.17, 15) is 19.5 Å². The Kier molecular flexibility index (Phi) is 10.1. The molecule has 2 aromatic rings. The van der Waals surface area contributed by atoms with Crippen molar-refractivity contribution >= 4 is 24.1 Å². The third-order valence-corrected chi connectivity index (χ3v) is 4.64. The number of rotatable bonds is 12. The summed E-state index contributed by atoms with van der Waals surface area (Å²) in [5, 5.41) is 17.1. The summed E-state index contributed by atoms with van der Waals surface area (Å²) in [6, 6.07) is 17.1. The Morgan fingerprint density at radius 3 is 2.31 bits per heavy atom. The van der Waals surface area contributed by atoms with Crippen LogP contribution in [-0.4, -0.2) is 59.4 Å². The molecule has 0 heterocycles. The molecular formula is C24H29N3O5. The zero-order valence-electron chi connectivity index (χ0n) is 18.3. The maximum Gasteiger partial charge on any atom is 0.325 e. The van der Waals surface area contributed by atoms with Gasteiger partial charge in [-0.25, -0.2) is 5.01 Å². The average molecular weight is 440 g/mol. The fourth-order valence-electron chi connectivity index (χ4n) is 3.04. The van der Waals surface area contributed by atoms with E-state index in [1.165, 1.54) is 6.21 Å². The number of nitrogens with one attached hydrogen (secondary N) is 1. The van der Waals surface area contributed by atoms with Crippen LogP contribution in [0, 0.1) is 0 Å². The number of aryl methyl sites for hydroxylation is 1. The Hall–Kier alpha value is -3.52. The molecule has 0 spiro atoms. The van der Waals surface area contributed by atoms with E-state index in [4.69, 9.17) is 4.74 Å². The highest BCUT2D eigenvalue weighted by Gasteiger charge is 2.28. The fraction of sp³-hybridized carbons (Fsp3) is 0.333. The van der Waals surface area contributed by atoms with E-state index >= 15 is 0 Å². The summed E-state index contributed by atoms with van der Waals surface area (Å²) in [5.74, 6) is -2.21. The molecule has 0 aliphatic heterocycles. The molecule has 0 saturated carbocycles. The van der Waals surface area contributed by atoms with Gasteiger partial charge in [-0.1, -0.05) is 60.7 Å². The fourth-order valence-corrected chi connectivity index (χ4v) is 3.04. The standard InChI is InChI=1S/C24H29N3O5/c1-3-32-24(31)21(15-14-19-10-6-4-7-11-19)26-18(2)23(30)27(17-22(28)29)25-16-20-12-8-5-9-13-20/h4-13,16,18,21,26H,3,14-15,17H2,1-2H3,(H,28,29)/b25-16-/t18-,21?/m0/s1. The average Bonchev–Trinajstić information content (AvgIpc) is 2.80. The minimum atomic E-state index is -1.19. The number of carboxylic acids is 1. The Morgan fingerprint density at radius 1 is 1.09 bits per heavy atom. The summed E-state index contributed by atoms with van der Waals surface area (Å²) in [6.07, 6.45) is 2.46. The van der Waals surface area contributed by atoms with Crippen molar-refractivity contribution in [3.05, 3.63) is 71.8 Å². The molecular weight excluding hydrogens is 410 g/mol. The van der Waals surface area contributed by atoms with Gasteiger partial charge in [0.15, 0.2) is 0 Å². The molecule has 8 nitrogen and oxygen atoms in total. The van der Waals surface area contributed by atoms with Crippen LogP contribution in [0.3, 0.4) is 0 Å². The molecule has 170 valence electrons. The molecule has 0 fully saturated rings. The van der Waals surface area contributed by atoms with Crippen molar-refractivity contribution in [2.24, 2.45) is 5.10 Å². The molecule has 0 saturated heterocycles. The number of carbonyl (C=O) groups is 3. The number of benzene rings is 2. The number of nitrogens with zero attached hydrogens (tertiary/aromatic N) is 2. The summed E-state index contributed by atoms with van der Waals surface area (Å²) >= 11 is 0. The van der Waals surface area contributed by atoms with E-state index in [-0.39, 0.29) is 6.61 Å². The Labute approximate surface area is 187 Å². The van der Waals surface area contributed by atoms with Crippen molar-refractivity contribution in [2.75, 3.05) is 13.2 Å². The SMILES string of the molecule is CCOC(=O)C(CCc1ccccc1)N[C@@H](C)C(=O)N(CC(=O)O)/N=C\c1ccccc1. The van der Waals surface area contributed by atoms with Crippen LogP contribution in [0.4, 0.5) is 0 Å². The van der Waals surface area contributed by atoms with E-state index in [0.29, 0.717) is 12.8 Å². The lowest BCUT2D eigenvalue weighted by Crippen LogP contribution is -2.51. The molecule has 2 atom stereocenters. The summed E-state index contributed by atoms with van der Waals surface area (Å²) in [7, 11) is 0. The van der Waals surface area contributed by atoms with Crippen molar-refractivity contribution < 1.29 is 24.2 Å². The highest BCUT2D eigenvalue weighted by Crippen LogP contribution is 2.09. The normalized spacial score (nSPS) is 12.8. The molecule has 0 radical (unpaired) electrons. The number of carbonyl (C=O) groups excluding carboxylic acids is 2. The number of ether oxygens (including phenoxy) is 1. The van der Waals surface area contributed by atoms with Crippen LogP contribution in [0.5, 0.6) is 0 Å². The van der Waals surface area contributed by atoms with Gasteiger partial charge in [-0.2, -0.15) is 5.10 Å². The van der Waals surface area contributed by atoms with Crippen LogP contribution in [0.15, 0.2) is 65.8 Å². The molecule has 0 aliphatic rings. The van der Waals surface area contributed by atoms with Crippen molar-refractivity contribution in [3.8, 4) is 0 Å². The quantitative estimate of drug-likeness (QED) is 0.299. The van der Waals surface area contributed by atoms with Crippen LogP contribution in [0.2, 0.25) is 0 Å². The number of esters is 1. The molecule has 2 aromatic carbocycles. The number of aliphatic carboxylic acids is 1. The van der Waals surface area contributed by atoms with Gasteiger partial charge in [0.05, 0.1) is 18.9 Å². The maximum absolute atomic E-state index is 12.9. The van der Waals surface area contributed by atoms with E-state index in [2.05, 4.69) is 10.4 Å². The monoisotopic (exact) mass is 439 g/mol. The molecule has 0 aromatic heterocycles. The first-order valence-corrected chi connectivity index (χ1v) is 10.5. The topological polar surface area (TPSA) is 108 Å². The van der Waals surface area contributed by atoms with E-state index in [1.54, 1.807) is 26.0 Å². The minimum absolute atomic E-state index is 0.219. The smallest absolute Gasteiger partial charge is 0.325 e. The maximum atomic E-state index is 12.9. The zero-order chi connectivity index (χ0) is 23.3. The number of carboxylic acid groups (broad SMARTS) is 1. The summed E-state index contributed by atoms with van der Waals surface area (Å²) in [6.45, 7) is 2.91. The summed E-state index contributed by atoms with van der Waals surface area (Å²) in [5.41, 5.74) is 1.78. The molecule has 0 aliphatic carbocycles. The van der Waals surface area contributed by atoms with Crippen LogP contribution < -0.4 is 5.32 Å². The first-order valence-electron chi connectivity index (χ1n) is 10.5. The number of hydrazone groups is 1. The third-order valence-electron chi connectivity index (χ3n) is 4.64. The van der Waals surface area contributed by atoms with E-state index in [0.717, 1.165) is 16.1 Å². The lowest BCUT2D eigenvalue weighted by molar-refractivity contribution is -0.148. The number of hydrogen-bond acceptors (Lipinski definition) is 6. The minimum Gasteiger partial charge on any atom is -0.480 e. The highest BCUT2D eigenvalue weighted by atomic mass is 16.5. The predicted molar refractivity (Wildman–Crippen MR) is 121 cm³/mol. The molecule has 32 heavy (non-hydrogen) atoms. The second-order valence-corrected chi connectivity index (χ2v) is 7.16. The third kappa shape index (κ3) is 8.31. The van der Waals surface area contributed by atoms with Crippen molar-refractivity contribution in [1.82, 2.24) is 10.3 Å². The molecule has 1 amide bonds. The van der Waals surface area contributed by atoms with Crippen LogP contribution >= 0.6 is 0 Å². The van der Waals surface area contributed by atoms with Crippen LogP contribution in [0.1, 0.15) is 31.4 Å². The highest BCUT2D eigenvalue weighted by molar-refractivity contribution is 5.88. The summed E-state index contributed by atoms with van der Waals surface area (Å²) < 4.78 is 5.15. The van der Waals surface area contributed by atoms with Gasteiger partial charge in [-0.05, 0) is 37.8 Å². The first kappa shape index (κ1) is 24.7. The second kappa shape index (κ2) is 13.0. The van der Waals surface area contributed by atoms with Crippen LogP contribution in [0.25, 0.3) is 0 Å². The van der Waals surface area contributed by atoms with E-state index < -0.39 is 36.5 Å². The van der Waals surface area contributed by atoms with Gasteiger partial charge in [0.25, 0.3) is 5.91 Å². The van der Waals surface area contributed by atoms with Gasteiger partial charge in [0, 0.05) is 0 Å².